The molecule has 1 heterocycles. The average Bonchev–Trinajstić information content (AvgIpc) is 3.16. The molecule has 124 valence electrons. The van der Waals surface area contributed by atoms with E-state index in [4.69, 9.17) is 0 Å². The number of nitrogens with zero attached hydrogens (tertiary/aromatic N) is 2. The zero-order chi connectivity index (χ0) is 16.3. The van der Waals surface area contributed by atoms with Crippen LogP contribution in [0, 0.1) is 5.92 Å². The topological polar surface area (TPSA) is 38.1 Å². The second kappa shape index (κ2) is 4.87. The Morgan fingerprint density at radius 1 is 1.32 bits per heavy atom. The van der Waals surface area contributed by atoms with Crippen LogP contribution in [0.3, 0.4) is 0 Å². The van der Waals surface area contributed by atoms with Gasteiger partial charge in [0.25, 0.3) is 5.92 Å². The predicted molar refractivity (Wildman–Crippen MR) is 63.1 cm³/mol. The normalized spacial score (nSPS) is 25.9. The van der Waals surface area contributed by atoms with Crippen molar-refractivity contribution in [3.05, 3.63) is 17.0 Å². The van der Waals surface area contributed by atoms with Crippen molar-refractivity contribution in [2.75, 3.05) is 0 Å². The van der Waals surface area contributed by atoms with Gasteiger partial charge in [0.2, 0.25) is 0 Å². The van der Waals surface area contributed by atoms with Crippen LogP contribution >= 0.6 is 0 Å². The number of fused-ring (bicyclic) bond motifs is 1. The van der Waals surface area contributed by atoms with Crippen LogP contribution in [0.2, 0.25) is 0 Å². The first-order valence-corrected chi connectivity index (χ1v) is 6.98. The molecule has 0 bridgehead atoms. The maximum Gasteiger partial charge on any atom is 0.435 e. The van der Waals surface area contributed by atoms with Gasteiger partial charge in [-0.05, 0) is 25.2 Å². The molecule has 3 rings (SSSR count). The molecule has 1 fully saturated rings. The smallest absolute Gasteiger partial charge is 0.382 e. The molecule has 0 spiro atoms. The third-order valence-electron chi connectivity index (χ3n) is 4.22. The highest BCUT2D eigenvalue weighted by Gasteiger charge is 2.51. The van der Waals surface area contributed by atoms with Crippen LogP contribution in [0.25, 0.3) is 0 Å². The van der Waals surface area contributed by atoms with Crippen LogP contribution in [0.4, 0.5) is 26.3 Å². The van der Waals surface area contributed by atoms with E-state index >= 15 is 0 Å². The molecule has 0 aliphatic heterocycles. The number of hydrogen-bond acceptors (Lipinski definition) is 2. The quantitative estimate of drug-likeness (QED) is 0.865. The molecule has 1 aromatic rings. The van der Waals surface area contributed by atoms with Gasteiger partial charge in [0.15, 0.2) is 5.69 Å². The van der Waals surface area contributed by atoms with Crippen LogP contribution in [-0.4, -0.2) is 27.0 Å². The summed E-state index contributed by atoms with van der Waals surface area (Å²) < 4.78 is 80.7. The van der Waals surface area contributed by atoms with E-state index in [2.05, 4.69) is 5.10 Å². The van der Waals surface area contributed by atoms with Crippen LogP contribution in [0.5, 0.6) is 0 Å². The minimum absolute atomic E-state index is 0.144. The molecule has 2 aliphatic carbocycles. The molecule has 0 aromatic carbocycles. The van der Waals surface area contributed by atoms with Crippen molar-refractivity contribution in [1.29, 1.82) is 0 Å². The highest BCUT2D eigenvalue weighted by molar-refractivity contribution is 5.35. The molecular weight excluding hydrogens is 314 g/mol. The lowest BCUT2D eigenvalue weighted by Crippen LogP contribution is -2.33. The maximum atomic E-state index is 13.8. The van der Waals surface area contributed by atoms with Gasteiger partial charge < -0.3 is 5.11 Å². The summed E-state index contributed by atoms with van der Waals surface area (Å²) in [5.41, 5.74) is -2.60. The van der Waals surface area contributed by atoms with Gasteiger partial charge in [-0.15, -0.1) is 0 Å². The number of hydrogen-bond donors (Lipinski definition) is 1. The van der Waals surface area contributed by atoms with Crippen LogP contribution in [-0.2, 0) is 19.1 Å². The van der Waals surface area contributed by atoms with Crippen LogP contribution in [0.1, 0.15) is 42.3 Å². The number of alkyl halides is 6. The Hall–Kier alpha value is -1.25. The zero-order valence-electron chi connectivity index (χ0n) is 11.4. The fraction of sp³-hybridized carbons (Fsp3) is 0.769. The lowest BCUT2D eigenvalue weighted by molar-refractivity contribution is -0.150. The summed E-state index contributed by atoms with van der Waals surface area (Å²) in [5.74, 6) is -3.85. The zero-order valence-corrected chi connectivity index (χ0v) is 11.4. The molecule has 0 unspecified atom stereocenters. The van der Waals surface area contributed by atoms with Gasteiger partial charge in [0.05, 0.1) is 6.54 Å². The molecular formula is C13H14F6N2O. The first-order chi connectivity index (χ1) is 10.1. The largest absolute Gasteiger partial charge is 0.435 e. The highest BCUT2D eigenvalue weighted by Crippen LogP contribution is 2.46. The van der Waals surface area contributed by atoms with E-state index in [1.165, 1.54) is 0 Å². The molecule has 9 heteroatoms. The third-order valence-corrected chi connectivity index (χ3v) is 4.22. The molecule has 2 aliphatic rings. The van der Waals surface area contributed by atoms with Crippen molar-refractivity contribution in [1.82, 2.24) is 9.78 Å². The summed E-state index contributed by atoms with van der Waals surface area (Å²) in [5, 5.41) is 12.9. The second-order valence-corrected chi connectivity index (χ2v) is 5.91. The summed E-state index contributed by atoms with van der Waals surface area (Å²) in [6.45, 7) is -0.401. The molecule has 0 saturated heterocycles. The number of halogens is 6. The Kier molecular flexibility index (Phi) is 3.46. The summed E-state index contributed by atoms with van der Waals surface area (Å²) in [4.78, 5) is 0. The molecule has 1 N–H and O–H groups in total. The number of aliphatic hydroxyl groups excluding tert-OH is 1. The van der Waals surface area contributed by atoms with Gasteiger partial charge in [-0.25, -0.2) is 13.2 Å². The summed E-state index contributed by atoms with van der Waals surface area (Å²) in [6, 6.07) is 0. The van der Waals surface area contributed by atoms with E-state index in [0.717, 1.165) is 4.68 Å². The predicted octanol–water partition coefficient (Wildman–Crippen LogP) is 3.26. The first-order valence-electron chi connectivity index (χ1n) is 6.98. The monoisotopic (exact) mass is 328 g/mol. The summed E-state index contributed by atoms with van der Waals surface area (Å²) in [7, 11) is 0. The van der Waals surface area contributed by atoms with Crippen molar-refractivity contribution in [2.45, 2.75) is 56.6 Å². The molecule has 2 atom stereocenters. The van der Waals surface area contributed by atoms with Gasteiger partial charge in [-0.1, -0.05) is 0 Å². The van der Waals surface area contributed by atoms with Gasteiger partial charge in [-0.3, -0.25) is 4.68 Å². The number of rotatable bonds is 3. The lowest BCUT2D eigenvalue weighted by Gasteiger charge is -2.28. The van der Waals surface area contributed by atoms with Crippen LogP contribution < -0.4 is 0 Å². The SMILES string of the molecule is O[C@H]1c2c(C(F)(F)F)nn(C[C@H](F)C3CC3)c2CCC1(F)F. The number of aromatic nitrogens is 2. The first kappa shape index (κ1) is 15.6. The molecule has 1 saturated carbocycles. The molecule has 0 radical (unpaired) electrons. The molecule has 1 aromatic heterocycles. The summed E-state index contributed by atoms with van der Waals surface area (Å²) in [6.07, 6.45) is -8.74. The average molecular weight is 328 g/mol. The fourth-order valence-electron chi connectivity index (χ4n) is 2.83. The van der Waals surface area contributed by atoms with Gasteiger partial charge in [0, 0.05) is 17.7 Å². The van der Waals surface area contributed by atoms with Gasteiger partial charge in [-0.2, -0.15) is 18.3 Å². The van der Waals surface area contributed by atoms with Gasteiger partial charge in [0.1, 0.15) is 12.3 Å². The lowest BCUT2D eigenvalue weighted by atomic mass is 9.89. The van der Waals surface area contributed by atoms with Crippen molar-refractivity contribution in [3.8, 4) is 0 Å². The molecule has 0 amide bonds. The Balaban J connectivity index is 2.02. The third kappa shape index (κ3) is 2.59. The van der Waals surface area contributed by atoms with Crippen LogP contribution in [0.15, 0.2) is 0 Å². The fourth-order valence-corrected chi connectivity index (χ4v) is 2.83. The minimum Gasteiger partial charge on any atom is -0.382 e. The minimum atomic E-state index is -4.98. The molecule has 22 heavy (non-hydrogen) atoms. The molecule has 3 nitrogen and oxygen atoms in total. The van der Waals surface area contributed by atoms with E-state index in [9.17, 15) is 31.4 Å². The Labute approximate surface area is 121 Å². The Morgan fingerprint density at radius 2 is 1.95 bits per heavy atom. The Bertz CT molecular complexity index is 578. The Morgan fingerprint density at radius 3 is 2.50 bits per heavy atom. The van der Waals surface area contributed by atoms with Gasteiger partial charge >= 0.3 is 6.18 Å². The standard InChI is InChI=1S/C13H14F6N2O/c14-7(6-1-2-6)5-21-8-3-4-12(15,16)11(22)9(8)10(20-21)13(17,18)19/h6-7,11,22H,1-5H2/t7-,11-/m0/s1. The van der Waals surface area contributed by atoms with Crippen molar-refractivity contribution < 1.29 is 31.4 Å². The van der Waals surface area contributed by atoms with Crippen molar-refractivity contribution in [3.63, 3.8) is 0 Å². The van der Waals surface area contributed by atoms with E-state index < -0.39 is 48.6 Å². The summed E-state index contributed by atoms with van der Waals surface area (Å²) >= 11 is 0. The van der Waals surface area contributed by atoms with E-state index in [0.29, 0.717) is 12.8 Å². The van der Waals surface area contributed by atoms with Crippen molar-refractivity contribution >= 4 is 0 Å². The van der Waals surface area contributed by atoms with E-state index in [-0.39, 0.29) is 18.0 Å². The highest BCUT2D eigenvalue weighted by atomic mass is 19.4. The maximum absolute atomic E-state index is 13.8. The second-order valence-electron chi connectivity index (χ2n) is 5.91. The van der Waals surface area contributed by atoms with Crippen molar-refractivity contribution in [2.24, 2.45) is 5.92 Å². The van der Waals surface area contributed by atoms with E-state index in [1.807, 2.05) is 0 Å². The van der Waals surface area contributed by atoms with E-state index in [1.54, 1.807) is 0 Å². The number of aliphatic hydroxyl groups is 1.